The summed E-state index contributed by atoms with van der Waals surface area (Å²) in [5, 5.41) is 9.01. The molecule has 0 aromatic heterocycles. The lowest BCUT2D eigenvalue weighted by Crippen LogP contribution is -2.64. The van der Waals surface area contributed by atoms with Crippen LogP contribution >= 0.6 is 0 Å². The Morgan fingerprint density at radius 2 is 2.04 bits per heavy atom. The van der Waals surface area contributed by atoms with Crippen LogP contribution in [-0.4, -0.2) is 51.9 Å². The fourth-order valence-corrected chi connectivity index (χ4v) is 2.91. The van der Waals surface area contributed by atoms with Gasteiger partial charge in [-0.3, -0.25) is 9.59 Å². The average molecular weight is 322 g/mol. The first-order valence-electron chi connectivity index (χ1n) is 7.83. The molecule has 6 heteroatoms. The summed E-state index contributed by atoms with van der Waals surface area (Å²) in [6, 6.07) is 3.99. The molecule has 0 saturated carbocycles. The summed E-state index contributed by atoms with van der Waals surface area (Å²) in [7, 11) is 0. The van der Waals surface area contributed by atoms with Gasteiger partial charge in [-0.2, -0.15) is 0 Å². The molecular formula is C17H23FN2O3. The molecule has 0 radical (unpaired) electrons. The summed E-state index contributed by atoms with van der Waals surface area (Å²) in [6.07, 6.45) is 0.865. The zero-order valence-electron chi connectivity index (χ0n) is 13.8. The highest BCUT2D eigenvalue weighted by Gasteiger charge is 2.44. The van der Waals surface area contributed by atoms with Crippen LogP contribution in [0.5, 0.6) is 0 Å². The average Bonchev–Trinajstić information content (AvgIpc) is 2.51. The number of piperazine rings is 1. The van der Waals surface area contributed by atoms with E-state index in [0.717, 1.165) is 12.5 Å². The predicted octanol–water partition coefficient (Wildman–Crippen LogP) is 1.79. The normalized spacial score (nSPS) is 17.5. The zero-order chi connectivity index (χ0) is 17.2. The van der Waals surface area contributed by atoms with Crippen LogP contribution in [0, 0.1) is 5.82 Å². The summed E-state index contributed by atoms with van der Waals surface area (Å²) >= 11 is 0. The highest BCUT2D eigenvalue weighted by atomic mass is 19.1. The van der Waals surface area contributed by atoms with E-state index in [2.05, 4.69) is 0 Å². The maximum atomic E-state index is 13.8. The highest BCUT2D eigenvalue weighted by Crippen LogP contribution is 2.25. The van der Waals surface area contributed by atoms with Crippen molar-refractivity contribution in [1.29, 1.82) is 0 Å². The Balaban J connectivity index is 2.26. The second-order valence-corrected chi connectivity index (χ2v) is 6.27. The molecule has 0 bridgehead atoms. The molecule has 1 aliphatic heterocycles. The van der Waals surface area contributed by atoms with E-state index in [9.17, 15) is 14.0 Å². The van der Waals surface area contributed by atoms with Crippen molar-refractivity contribution in [3.8, 4) is 0 Å². The SMILES string of the molecule is CCCN1CCN(C(=O)c2ccc(CO)c(F)c2)C(C)(C)C1=O. The van der Waals surface area contributed by atoms with Gasteiger partial charge in [-0.05, 0) is 32.4 Å². The number of rotatable bonds is 4. The number of aliphatic hydroxyl groups is 1. The van der Waals surface area contributed by atoms with Gasteiger partial charge in [0.1, 0.15) is 11.4 Å². The minimum atomic E-state index is -0.962. The number of carbonyl (C=O) groups excluding carboxylic acids is 2. The molecule has 1 aromatic carbocycles. The minimum Gasteiger partial charge on any atom is -0.392 e. The number of benzene rings is 1. The van der Waals surface area contributed by atoms with Crippen molar-refractivity contribution in [3.05, 3.63) is 35.1 Å². The van der Waals surface area contributed by atoms with Crippen molar-refractivity contribution >= 4 is 11.8 Å². The van der Waals surface area contributed by atoms with Crippen LogP contribution in [0.4, 0.5) is 4.39 Å². The Morgan fingerprint density at radius 1 is 1.35 bits per heavy atom. The van der Waals surface area contributed by atoms with Crippen LogP contribution in [0.3, 0.4) is 0 Å². The Hall–Kier alpha value is -1.95. The van der Waals surface area contributed by atoms with E-state index in [4.69, 9.17) is 5.11 Å². The molecule has 2 rings (SSSR count). The van der Waals surface area contributed by atoms with Gasteiger partial charge in [0.05, 0.1) is 6.61 Å². The Morgan fingerprint density at radius 3 is 2.61 bits per heavy atom. The number of halogens is 1. The predicted molar refractivity (Wildman–Crippen MR) is 84.3 cm³/mol. The molecule has 5 nitrogen and oxygen atoms in total. The Labute approximate surface area is 135 Å². The van der Waals surface area contributed by atoms with Crippen LogP contribution in [0.1, 0.15) is 43.1 Å². The van der Waals surface area contributed by atoms with Crippen LogP contribution in [0.15, 0.2) is 18.2 Å². The van der Waals surface area contributed by atoms with E-state index in [-0.39, 0.29) is 22.9 Å². The first-order chi connectivity index (χ1) is 10.8. The van der Waals surface area contributed by atoms with Crippen molar-refractivity contribution in [2.24, 2.45) is 0 Å². The quantitative estimate of drug-likeness (QED) is 0.919. The lowest BCUT2D eigenvalue weighted by molar-refractivity contribution is -0.146. The number of aliphatic hydroxyl groups excluding tert-OH is 1. The molecular weight excluding hydrogens is 299 g/mol. The maximum absolute atomic E-state index is 13.8. The summed E-state index contributed by atoms with van der Waals surface area (Å²) in [6.45, 7) is 6.59. The largest absolute Gasteiger partial charge is 0.392 e. The molecule has 2 amide bonds. The standard InChI is InChI=1S/C17H23FN2O3/c1-4-7-19-8-9-20(17(2,3)16(19)23)15(22)12-5-6-13(11-21)14(18)10-12/h5-6,10,21H,4,7-9,11H2,1-3H3. The molecule has 1 heterocycles. The van der Waals surface area contributed by atoms with Crippen LogP contribution in [0.2, 0.25) is 0 Å². The molecule has 0 aliphatic carbocycles. The first-order valence-corrected chi connectivity index (χ1v) is 7.83. The number of amides is 2. The van der Waals surface area contributed by atoms with Gasteiger partial charge in [-0.15, -0.1) is 0 Å². The van der Waals surface area contributed by atoms with E-state index in [1.807, 2.05) is 6.92 Å². The summed E-state index contributed by atoms with van der Waals surface area (Å²) in [5.74, 6) is -1.08. The van der Waals surface area contributed by atoms with Gasteiger partial charge >= 0.3 is 0 Å². The van der Waals surface area contributed by atoms with Gasteiger partial charge in [0, 0.05) is 30.8 Å². The summed E-state index contributed by atoms with van der Waals surface area (Å²) < 4.78 is 13.8. The van der Waals surface area contributed by atoms with Gasteiger partial charge in [0.2, 0.25) is 5.91 Å². The van der Waals surface area contributed by atoms with Gasteiger partial charge < -0.3 is 14.9 Å². The highest BCUT2D eigenvalue weighted by molar-refractivity contribution is 5.99. The maximum Gasteiger partial charge on any atom is 0.254 e. The Bertz CT molecular complexity index is 616. The van der Waals surface area contributed by atoms with Crippen molar-refractivity contribution in [1.82, 2.24) is 9.80 Å². The van der Waals surface area contributed by atoms with E-state index in [1.165, 1.54) is 17.0 Å². The zero-order valence-corrected chi connectivity index (χ0v) is 13.8. The fraction of sp³-hybridized carbons (Fsp3) is 0.529. The molecule has 1 fully saturated rings. The van der Waals surface area contributed by atoms with Gasteiger partial charge in [0.25, 0.3) is 5.91 Å². The van der Waals surface area contributed by atoms with Crippen molar-refractivity contribution in [2.45, 2.75) is 39.3 Å². The molecule has 1 saturated heterocycles. The number of hydrogen-bond acceptors (Lipinski definition) is 3. The molecule has 1 aromatic rings. The second-order valence-electron chi connectivity index (χ2n) is 6.27. The van der Waals surface area contributed by atoms with Crippen molar-refractivity contribution < 1.29 is 19.1 Å². The topological polar surface area (TPSA) is 60.9 Å². The van der Waals surface area contributed by atoms with Crippen molar-refractivity contribution in [3.63, 3.8) is 0 Å². The molecule has 0 unspecified atom stereocenters. The lowest BCUT2D eigenvalue weighted by Gasteiger charge is -2.46. The molecule has 0 spiro atoms. The van der Waals surface area contributed by atoms with Crippen LogP contribution < -0.4 is 0 Å². The molecule has 23 heavy (non-hydrogen) atoms. The third-order valence-corrected chi connectivity index (χ3v) is 4.29. The molecule has 126 valence electrons. The van der Waals surface area contributed by atoms with Crippen molar-refractivity contribution in [2.75, 3.05) is 19.6 Å². The Kier molecular flexibility index (Phi) is 5.04. The summed E-state index contributed by atoms with van der Waals surface area (Å²) in [4.78, 5) is 28.5. The first kappa shape index (κ1) is 17.4. The van der Waals surface area contributed by atoms with Crippen LogP contribution in [0.25, 0.3) is 0 Å². The third kappa shape index (κ3) is 3.22. The summed E-state index contributed by atoms with van der Waals surface area (Å²) in [5.41, 5.74) is -0.634. The minimum absolute atomic E-state index is 0.0913. The third-order valence-electron chi connectivity index (χ3n) is 4.29. The number of hydrogen-bond donors (Lipinski definition) is 1. The molecule has 1 aliphatic rings. The van der Waals surface area contributed by atoms with Gasteiger partial charge in [-0.1, -0.05) is 13.0 Å². The van der Waals surface area contributed by atoms with E-state index < -0.39 is 18.0 Å². The smallest absolute Gasteiger partial charge is 0.254 e. The van der Waals surface area contributed by atoms with E-state index in [1.54, 1.807) is 18.7 Å². The van der Waals surface area contributed by atoms with E-state index >= 15 is 0 Å². The van der Waals surface area contributed by atoms with Crippen LogP contribution in [-0.2, 0) is 11.4 Å². The monoisotopic (exact) mass is 322 g/mol. The fourth-order valence-electron chi connectivity index (χ4n) is 2.91. The lowest BCUT2D eigenvalue weighted by atomic mass is 9.95. The van der Waals surface area contributed by atoms with Gasteiger partial charge in [0.15, 0.2) is 0 Å². The number of nitrogens with zero attached hydrogens (tertiary/aromatic N) is 2. The second kappa shape index (κ2) is 6.66. The van der Waals surface area contributed by atoms with E-state index in [0.29, 0.717) is 19.6 Å². The molecule has 0 atom stereocenters. The molecule has 1 N–H and O–H groups in total. The number of carbonyl (C=O) groups is 2. The van der Waals surface area contributed by atoms with Gasteiger partial charge in [-0.25, -0.2) is 4.39 Å².